The Labute approximate surface area is 113 Å². The summed E-state index contributed by atoms with van der Waals surface area (Å²) >= 11 is 6.29. The molecule has 2 rings (SSSR count). The van der Waals surface area contributed by atoms with E-state index in [9.17, 15) is 0 Å². The molecule has 0 aliphatic carbocycles. The van der Waals surface area contributed by atoms with Gasteiger partial charge in [-0.15, -0.1) is 0 Å². The third-order valence-corrected chi connectivity index (χ3v) is 3.32. The SMILES string of the molecule is CCc1nn(C)cc1-c1ccc(CNC)c(Cl)c1. The zero-order valence-corrected chi connectivity index (χ0v) is 11.8. The zero-order chi connectivity index (χ0) is 13.1. The summed E-state index contributed by atoms with van der Waals surface area (Å²) in [6.07, 6.45) is 2.97. The van der Waals surface area contributed by atoms with Gasteiger partial charge in [0.15, 0.2) is 0 Å². The molecule has 0 unspecified atom stereocenters. The summed E-state index contributed by atoms with van der Waals surface area (Å²) in [4.78, 5) is 0. The second kappa shape index (κ2) is 5.55. The van der Waals surface area contributed by atoms with Crippen molar-refractivity contribution in [1.82, 2.24) is 15.1 Å². The first kappa shape index (κ1) is 13.1. The van der Waals surface area contributed by atoms with Crippen molar-refractivity contribution in [2.75, 3.05) is 7.05 Å². The minimum Gasteiger partial charge on any atom is -0.316 e. The van der Waals surface area contributed by atoms with Gasteiger partial charge in [-0.1, -0.05) is 30.7 Å². The van der Waals surface area contributed by atoms with E-state index in [1.165, 1.54) is 0 Å². The Morgan fingerprint density at radius 1 is 1.39 bits per heavy atom. The molecule has 0 spiro atoms. The molecule has 2 aromatic rings. The molecule has 0 fully saturated rings. The largest absolute Gasteiger partial charge is 0.316 e. The molecular weight excluding hydrogens is 246 g/mol. The fourth-order valence-electron chi connectivity index (χ4n) is 2.09. The second-order valence-corrected chi connectivity index (χ2v) is 4.76. The molecule has 0 radical (unpaired) electrons. The van der Waals surface area contributed by atoms with Crippen LogP contribution < -0.4 is 5.32 Å². The monoisotopic (exact) mass is 263 g/mol. The fraction of sp³-hybridized carbons (Fsp3) is 0.357. The van der Waals surface area contributed by atoms with Crippen molar-refractivity contribution in [1.29, 1.82) is 0 Å². The predicted octanol–water partition coefficient (Wildman–Crippen LogP) is 3.02. The van der Waals surface area contributed by atoms with Gasteiger partial charge in [0.1, 0.15) is 0 Å². The van der Waals surface area contributed by atoms with E-state index in [0.29, 0.717) is 0 Å². The highest BCUT2D eigenvalue weighted by Crippen LogP contribution is 2.28. The van der Waals surface area contributed by atoms with Crippen LogP contribution in [0.3, 0.4) is 0 Å². The summed E-state index contributed by atoms with van der Waals surface area (Å²) in [7, 11) is 3.86. The van der Waals surface area contributed by atoms with Crippen molar-refractivity contribution < 1.29 is 0 Å². The van der Waals surface area contributed by atoms with Crippen LogP contribution in [0.4, 0.5) is 0 Å². The van der Waals surface area contributed by atoms with E-state index in [1.807, 2.05) is 31.0 Å². The first-order valence-corrected chi connectivity index (χ1v) is 6.49. The molecule has 0 saturated heterocycles. The van der Waals surface area contributed by atoms with E-state index < -0.39 is 0 Å². The van der Waals surface area contributed by atoms with Crippen LogP contribution in [0.1, 0.15) is 18.2 Å². The van der Waals surface area contributed by atoms with Crippen LogP contribution in [0, 0.1) is 0 Å². The van der Waals surface area contributed by atoms with E-state index in [4.69, 9.17) is 11.6 Å². The highest BCUT2D eigenvalue weighted by atomic mass is 35.5. The number of nitrogens with one attached hydrogen (secondary N) is 1. The van der Waals surface area contributed by atoms with Crippen molar-refractivity contribution in [3.8, 4) is 11.1 Å². The highest BCUT2D eigenvalue weighted by Gasteiger charge is 2.10. The van der Waals surface area contributed by atoms with Gasteiger partial charge in [-0.3, -0.25) is 4.68 Å². The molecule has 1 N–H and O–H groups in total. The van der Waals surface area contributed by atoms with Crippen LogP contribution in [-0.4, -0.2) is 16.8 Å². The maximum Gasteiger partial charge on any atom is 0.0700 e. The summed E-state index contributed by atoms with van der Waals surface area (Å²) in [5.74, 6) is 0. The van der Waals surface area contributed by atoms with Crippen molar-refractivity contribution in [3.63, 3.8) is 0 Å². The number of benzene rings is 1. The lowest BCUT2D eigenvalue weighted by molar-refractivity contribution is 0.746. The van der Waals surface area contributed by atoms with Gasteiger partial charge in [-0.25, -0.2) is 0 Å². The summed E-state index contributed by atoms with van der Waals surface area (Å²) in [6.45, 7) is 2.90. The van der Waals surface area contributed by atoms with E-state index in [-0.39, 0.29) is 0 Å². The zero-order valence-electron chi connectivity index (χ0n) is 11.0. The third kappa shape index (κ3) is 2.57. The second-order valence-electron chi connectivity index (χ2n) is 4.35. The average Bonchev–Trinajstić information content (AvgIpc) is 2.73. The minimum atomic E-state index is 0.785. The standard InChI is InChI=1S/C14H18ClN3/c1-4-14-12(9-18(3)17-14)10-5-6-11(8-16-2)13(15)7-10/h5-7,9,16H,4,8H2,1-3H3. The van der Waals surface area contributed by atoms with Gasteiger partial charge < -0.3 is 5.32 Å². The van der Waals surface area contributed by atoms with Crippen LogP contribution in [0.5, 0.6) is 0 Å². The lowest BCUT2D eigenvalue weighted by Crippen LogP contribution is -2.05. The first-order chi connectivity index (χ1) is 8.65. The van der Waals surface area contributed by atoms with E-state index in [0.717, 1.165) is 40.4 Å². The van der Waals surface area contributed by atoms with Gasteiger partial charge >= 0.3 is 0 Å². The molecule has 96 valence electrons. The number of halogens is 1. The van der Waals surface area contributed by atoms with Crippen molar-refractivity contribution in [2.45, 2.75) is 19.9 Å². The summed E-state index contributed by atoms with van der Waals surface area (Å²) in [5, 5.41) is 8.36. The molecule has 0 saturated carbocycles. The molecule has 1 aromatic heterocycles. The summed E-state index contributed by atoms with van der Waals surface area (Å²) in [5.41, 5.74) is 4.52. The van der Waals surface area contributed by atoms with Crippen LogP contribution in [0.2, 0.25) is 5.02 Å². The van der Waals surface area contributed by atoms with Crippen molar-refractivity contribution in [2.24, 2.45) is 7.05 Å². The topological polar surface area (TPSA) is 29.9 Å². The molecule has 0 bridgehead atoms. The molecule has 1 heterocycles. The number of hydrogen-bond donors (Lipinski definition) is 1. The lowest BCUT2D eigenvalue weighted by atomic mass is 10.0. The Hall–Kier alpha value is -1.32. The highest BCUT2D eigenvalue weighted by molar-refractivity contribution is 6.31. The van der Waals surface area contributed by atoms with Gasteiger partial charge in [0.25, 0.3) is 0 Å². The maximum absolute atomic E-state index is 6.29. The van der Waals surface area contributed by atoms with Gasteiger partial charge in [0.2, 0.25) is 0 Å². The van der Waals surface area contributed by atoms with Gasteiger partial charge in [0, 0.05) is 30.4 Å². The molecule has 0 atom stereocenters. The number of nitrogens with zero attached hydrogens (tertiary/aromatic N) is 2. The molecule has 0 aliphatic heterocycles. The maximum atomic E-state index is 6.29. The van der Waals surface area contributed by atoms with Gasteiger partial charge in [-0.05, 0) is 30.7 Å². The molecule has 1 aromatic carbocycles. The van der Waals surface area contributed by atoms with Gasteiger partial charge in [0.05, 0.1) is 5.69 Å². The third-order valence-electron chi connectivity index (χ3n) is 2.97. The van der Waals surface area contributed by atoms with E-state index in [2.05, 4.69) is 29.5 Å². The number of aryl methyl sites for hydroxylation is 2. The van der Waals surface area contributed by atoms with Crippen molar-refractivity contribution >= 4 is 11.6 Å². The van der Waals surface area contributed by atoms with E-state index in [1.54, 1.807) is 0 Å². The molecule has 3 nitrogen and oxygen atoms in total. The molecule has 0 amide bonds. The normalized spacial score (nSPS) is 10.9. The number of aromatic nitrogens is 2. The predicted molar refractivity (Wildman–Crippen MR) is 75.8 cm³/mol. The molecule has 0 aliphatic rings. The molecular formula is C14H18ClN3. The Morgan fingerprint density at radius 3 is 2.78 bits per heavy atom. The van der Waals surface area contributed by atoms with Gasteiger partial charge in [-0.2, -0.15) is 5.10 Å². The Morgan fingerprint density at radius 2 is 2.17 bits per heavy atom. The summed E-state index contributed by atoms with van der Waals surface area (Å²) < 4.78 is 1.85. The smallest absolute Gasteiger partial charge is 0.0700 e. The Balaban J connectivity index is 2.41. The van der Waals surface area contributed by atoms with Crippen LogP contribution in [0.15, 0.2) is 24.4 Å². The van der Waals surface area contributed by atoms with Crippen LogP contribution >= 0.6 is 11.6 Å². The quantitative estimate of drug-likeness (QED) is 0.919. The summed E-state index contributed by atoms with van der Waals surface area (Å²) in [6, 6.07) is 6.19. The first-order valence-electron chi connectivity index (χ1n) is 6.11. The Kier molecular flexibility index (Phi) is 4.04. The fourth-order valence-corrected chi connectivity index (χ4v) is 2.33. The van der Waals surface area contributed by atoms with Crippen molar-refractivity contribution in [3.05, 3.63) is 40.7 Å². The lowest BCUT2D eigenvalue weighted by Gasteiger charge is -2.06. The van der Waals surface area contributed by atoms with E-state index >= 15 is 0 Å². The minimum absolute atomic E-state index is 0.785. The number of hydrogen-bond acceptors (Lipinski definition) is 2. The van der Waals surface area contributed by atoms with Crippen LogP contribution in [0.25, 0.3) is 11.1 Å². The molecule has 4 heteroatoms. The van der Waals surface area contributed by atoms with Crippen LogP contribution in [-0.2, 0) is 20.0 Å². The molecule has 18 heavy (non-hydrogen) atoms. The average molecular weight is 264 g/mol. The number of rotatable bonds is 4. The Bertz CT molecular complexity index is 546.